The molecule has 1 saturated heterocycles. The number of ether oxygens (including phenoxy) is 1. The molecule has 0 radical (unpaired) electrons. The van der Waals surface area contributed by atoms with E-state index in [9.17, 15) is 4.79 Å². The Morgan fingerprint density at radius 3 is 3.00 bits per heavy atom. The van der Waals surface area contributed by atoms with Crippen LogP contribution in [0.25, 0.3) is 0 Å². The van der Waals surface area contributed by atoms with E-state index in [0.29, 0.717) is 6.54 Å². The Labute approximate surface area is 125 Å². The topological polar surface area (TPSA) is 41.6 Å². The maximum atomic E-state index is 12.6. The highest BCUT2D eigenvalue weighted by Gasteiger charge is 2.31. The fraction of sp³-hybridized carbons (Fsp3) is 0.533. The summed E-state index contributed by atoms with van der Waals surface area (Å²) in [5, 5.41) is 3.33. The second-order valence-corrected chi connectivity index (χ2v) is 5.38. The number of anilines is 1. The normalized spacial score (nSPS) is 25.1. The van der Waals surface area contributed by atoms with Crippen LogP contribution in [0.4, 0.5) is 5.69 Å². The number of amides is 1. The lowest BCUT2D eigenvalue weighted by molar-refractivity contribution is -0.132. The van der Waals surface area contributed by atoms with Crippen LogP contribution in [0.15, 0.2) is 24.3 Å². The summed E-state index contributed by atoms with van der Waals surface area (Å²) < 4.78 is 5.59. The lowest BCUT2D eigenvalue weighted by Gasteiger charge is -2.25. The molecular weight excluding hydrogens is 276 g/mol. The van der Waals surface area contributed by atoms with E-state index in [1.807, 2.05) is 30.0 Å². The van der Waals surface area contributed by atoms with Crippen LogP contribution in [-0.2, 0) is 16.0 Å². The van der Waals surface area contributed by atoms with Gasteiger partial charge in [0, 0.05) is 31.8 Å². The Hall–Kier alpha value is -1.26. The van der Waals surface area contributed by atoms with E-state index in [-0.39, 0.29) is 30.5 Å². The number of nitrogens with one attached hydrogen (secondary N) is 1. The molecule has 2 aliphatic rings. The molecule has 1 aromatic rings. The number of halogens is 1. The van der Waals surface area contributed by atoms with Crippen molar-refractivity contribution in [2.75, 3.05) is 25.0 Å². The van der Waals surface area contributed by atoms with Gasteiger partial charge in [-0.3, -0.25) is 4.79 Å². The molecule has 2 aliphatic heterocycles. The molecular formula is C15H21ClN2O2. The highest BCUT2D eigenvalue weighted by molar-refractivity contribution is 5.87. The zero-order valence-electron chi connectivity index (χ0n) is 11.7. The Kier molecular flexibility index (Phi) is 4.89. The van der Waals surface area contributed by atoms with Crippen LogP contribution in [0.5, 0.6) is 0 Å². The first-order valence-electron chi connectivity index (χ1n) is 6.99. The molecule has 1 fully saturated rings. The molecule has 5 heteroatoms. The molecule has 0 bridgehead atoms. The smallest absolute Gasteiger partial charge is 0.245 e. The van der Waals surface area contributed by atoms with Crippen molar-refractivity contribution in [2.24, 2.45) is 0 Å². The van der Waals surface area contributed by atoms with Crippen LogP contribution in [0.2, 0.25) is 0 Å². The molecule has 1 N–H and O–H groups in total. The van der Waals surface area contributed by atoms with E-state index >= 15 is 0 Å². The minimum atomic E-state index is -0.109. The molecule has 0 aromatic heterocycles. The molecule has 2 unspecified atom stereocenters. The van der Waals surface area contributed by atoms with Crippen molar-refractivity contribution in [3.63, 3.8) is 0 Å². The van der Waals surface area contributed by atoms with Crippen molar-refractivity contribution >= 4 is 24.0 Å². The summed E-state index contributed by atoms with van der Waals surface area (Å²) in [5.41, 5.74) is 2.33. The summed E-state index contributed by atoms with van der Waals surface area (Å²) in [6, 6.07) is 8.04. The van der Waals surface area contributed by atoms with Gasteiger partial charge in [-0.15, -0.1) is 12.4 Å². The SMILES string of the molecule is CC1CN(C(=O)C2Cc3ccccc3N2)CCCO1.Cl. The van der Waals surface area contributed by atoms with Crippen molar-refractivity contribution < 1.29 is 9.53 Å². The Morgan fingerprint density at radius 2 is 2.20 bits per heavy atom. The van der Waals surface area contributed by atoms with E-state index in [4.69, 9.17) is 4.74 Å². The number of para-hydroxylation sites is 1. The fourth-order valence-corrected chi connectivity index (χ4v) is 2.86. The molecule has 3 rings (SSSR count). The average molecular weight is 297 g/mol. The number of carbonyl (C=O) groups is 1. The first-order chi connectivity index (χ1) is 9.24. The largest absolute Gasteiger partial charge is 0.377 e. The first-order valence-corrected chi connectivity index (χ1v) is 6.99. The Bertz CT molecular complexity index is 456. The number of rotatable bonds is 1. The van der Waals surface area contributed by atoms with Gasteiger partial charge in [0.1, 0.15) is 6.04 Å². The second kappa shape index (κ2) is 6.46. The molecule has 0 saturated carbocycles. The van der Waals surface area contributed by atoms with Crippen molar-refractivity contribution in [3.05, 3.63) is 29.8 Å². The summed E-state index contributed by atoms with van der Waals surface area (Å²) in [6.45, 7) is 4.29. The maximum Gasteiger partial charge on any atom is 0.245 e. The third-order valence-corrected chi connectivity index (χ3v) is 3.83. The minimum Gasteiger partial charge on any atom is -0.377 e. The van der Waals surface area contributed by atoms with Crippen LogP contribution in [0, 0.1) is 0 Å². The third kappa shape index (κ3) is 3.07. The molecule has 110 valence electrons. The first kappa shape index (κ1) is 15.1. The lowest BCUT2D eigenvalue weighted by Crippen LogP contribution is -2.44. The number of hydrogen-bond donors (Lipinski definition) is 1. The van der Waals surface area contributed by atoms with Gasteiger partial charge in [-0.25, -0.2) is 0 Å². The molecule has 1 aromatic carbocycles. The molecule has 2 atom stereocenters. The quantitative estimate of drug-likeness (QED) is 0.863. The highest BCUT2D eigenvalue weighted by atomic mass is 35.5. The molecule has 1 amide bonds. The highest BCUT2D eigenvalue weighted by Crippen LogP contribution is 2.26. The van der Waals surface area contributed by atoms with Gasteiger partial charge >= 0.3 is 0 Å². The standard InChI is InChI=1S/C15H20N2O2.ClH/c1-11-10-17(7-4-8-19-11)15(18)14-9-12-5-2-3-6-13(12)16-14;/h2-3,5-6,11,14,16H,4,7-10H2,1H3;1H. The molecule has 4 nitrogen and oxygen atoms in total. The third-order valence-electron chi connectivity index (χ3n) is 3.83. The zero-order chi connectivity index (χ0) is 13.2. The van der Waals surface area contributed by atoms with Crippen molar-refractivity contribution in [2.45, 2.75) is 31.9 Å². The summed E-state index contributed by atoms with van der Waals surface area (Å²) in [7, 11) is 0. The van der Waals surface area contributed by atoms with E-state index < -0.39 is 0 Å². The number of carbonyl (C=O) groups excluding carboxylic acids is 1. The van der Waals surface area contributed by atoms with Gasteiger partial charge in [0.2, 0.25) is 5.91 Å². The summed E-state index contributed by atoms with van der Waals surface area (Å²) >= 11 is 0. The van der Waals surface area contributed by atoms with Gasteiger partial charge in [-0.05, 0) is 25.0 Å². The van der Waals surface area contributed by atoms with Gasteiger partial charge in [0.25, 0.3) is 0 Å². The van der Waals surface area contributed by atoms with Crippen molar-refractivity contribution in [1.29, 1.82) is 0 Å². The number of fused-ring (bicyclic) bond motifs is 1. The summed E-state index contributed by atoms with van der Waals surface area (Å²) in [5.74, 6) is 0.202. The van der Waals surface area contributed by atoms with Gasteiger partial charge in [-0.1, -0.05) is 18.2 Å². The average Bonchev–Trinajstić information content (AvgIpc) is 2.73. The lowest BCUT2D eigenvalue weighted by atomic mass is 10.1. The Morgan fingerprint density at radius 1 is 1.40 bits per heavy atom. The molecule has 0 aliphatic carbocycles. The maximum absolute atomic E-state index is 12.6. The second-order valence-electron chi connectivity index (χ2n) is 5.38. The van der Waals surface area contributed by atoms with E-state index in [1.54, 1.807) is 0 Å². The van der Waals surface area contributed by atoms with Crippen molar-refractivity contribution in [3.8, 4) is 0 Å². The van der Waals surface area contributed by atoms with Gasteiger partial charge in [0.05, 0.1) is 6.10 Å². The van der Waals surface area contributed by atoms with Gasteiger partial charge in [-0.2, -0.15) is 0 Å². The van der Waals surface area contributed by atoms with Gasteiger partial charge in [0.15, 0.2) is 0 Å². The summed E-state index contributed by atoms with van der Waals surface area (Å²) in [6.07, 6.45) is 1.85. The van der Waals surface area contributed by atoms with Gasteiger partial charge < -0.3 is 15.0 Å². The number of hydrogen-bond acceptors (Lipinski definition) is 3. The molecule has 20 heavy (non-hydrogen) atoms. The van der Waals surface area contributed by atoms with E-state index in [2.05, 4.69) is 11.4 Å². The molecule has 0 spiro atoms. The van der Waals surface area contributed by atoms with Crippen LogP contribution >= 0.6 is 12.4 Å². The van der Waals surface area contributed by atoms with E-state index in [1.165, 1.54) is 5.56 Å². The monoisotopic (exact) mass is 296 g/mol. The van der Waals surface area contributed by atoms with E-state index in [0.717, 1.165) is 31.7 Å². The molecule has 2 heterocycles. The summed E-state index contributed by atoms with van der Waals surface area (Å²) in [4.78, 5) is 14.5. The zero-order valence-corrected chi connectivity index (χ0v) is 12.5. The number of nitrogens with zero attached hydrogens (tertiary/aromatic N) is 1. The van der Waals surface area contributed by atoms with Crippen LogP contribution in [-0.4, -0.2) is 42.6 Å². The van der Waals surface area contributed by atoms with Crippen LogP contribution < -0.4 is 5.32 Å². The minimum absolute atomic E-state index is 0. The number of benzene rings is 1. The van der Waals surface area contributed by atoms with Crippen LogP contribution in [0.1, 0.15) is 18.9 Å². The van der Waals surface area contributed by atoms with Crippen molar-refractivity contribution in [1.82, 2.24) is 4.90 Å². The fourth-order valence-electron chi connectivity index (χ4n) is 2.86. The Balaban J connectivity index is 0.00000147. The van der Waals surface area contributed by atoms with Crippen LogP contribution in [0.3, 0.4) is 0 Å². The predicted octanol–water partition coefficient (Wildman–Crippen LogP) is 2.08. The predicted molar refractivity (Wildman–Crippen MR) is 81.4 cm³/mol.